The van der Waals surface area contributed by atoms with Gasteiger partial charge in [-0.15, -0.1) is 0 Å². The number of hydrogen-bond acceptors (Lipinski definition) is 4. The number of rotatable bonds is 4. The van der Waals surface area contributed by atoms with Crippen molar-refractivity contribution in [1.29, 1.82) is 0 Å². The standard InChI is InChI=1S/C17H14N4O3/c1-20-15-8-3-2-6-13(15)10-16(20)17(22)19-18-11-12-5-4-7-14(9-12)21(23)24/h2-11H,1H3,(H,19,22)/b18-11+. The molecule has 1 amide bonds. The van der Waals surface area contributed by atoms with Crippen molar-refractivity contribution in [2.24, 2.45) is 12.1 Å². The molecule has 0 aliphatic heterocycles. The van der Waals surface area contributed by atoms with E-state index in [1.807, 2.05) is 31.3 Å². The van der Waals surface area contributed by atoms with E-state index >= 15 is 0 Å². The van der Waals surface area contributed by atoms with Crippen molar-refractivity contribution >= 4 is 28.7 Å². The number of benzene rings is 2. The first-order valence-electron chi connectivity index (χ1n) is 7.18. The zero-order valence-electron chi connectivity index (χ0n) is 12.8. The number of amides is 1. The van der Waals surface area contributed by atoms with Crippen LogP contribution in [0, 0.1) is 10.1 Å². The summed E-state index contributed by atoms with van der Waals surface area (Å²) in [6.07, 6.45) is 1.37. The molecule has 0 unspecified atom stereocenters. The van der Waals surface area contributed by atoms with Gasteiger partial charge in [0.2, 0.25) is 0 Å². The van der Waals surface area contributed by atoms with Crippen molar-refractivity contribution in [2.75, 3.05) is 0 Å². The Kier molecular flexibility index (Phi) is 4.07. The van der Waals surface area contributed by atoms with Crippen LogP contribution in [0.5, 0.6) is 0 Å². The number of aromatic nitrogens is 1. The fourth-order valence-electron chi connectivity index (χ4n) is 2.45. The highest BCUT2D eigenvalue weighted by Gasteiger charge is 2.12. The Morgan fingerprint density at radius 3 is 2.75 bits per heavy atom. The molecule has 0 saturated carbocycles. The molecular weight excluding hydrogens is 308 g/mol. The summed E-state index contributed by atoms with van der Waals surface area (Å²) in [5.41, 5.74) is 4.37. The van der Waals surface area contributed by atoms with Gasteiger partial charge in [-0.2, -0.15) is 5.10 Å². The Hall–Kier alpha value is -3.48. The Labute approximate surface area is 137 Å². The van der Waals surface area contributed by atoms with Gasteiger partial charge in [0, 0.05) is 35.6 Å². The van der Waals surface area contributed by atoms with Crippen LogP contribution in [0.25, 0.3) is 10.9 Å². The lowest BCUT2D eigenvalue weighted by Gasteiger charge is -2.02. The Bertz CT molecular complexity index is 959. The summed E-state index contributed by atoms with van der Waals surface area (Å²) in [7, 11) is 1.81. The van der Waals surface area contributed by atoms with Crippen molar-refractivity contribution in [3.8, 4) is 0 Å². The Morgan fingerprint density at radius 1 is 1.21 bits per heavy atom. The molecule has 2 aromatic carbocycles. The van der Waals surface area contributed by atoms with Crippen LogP contribution in [0.3, 0.4) is 0 Å². The molecule has 1 heterocycles. The highest BCUT2D eigenvalue weighted by atomic mass is 16.6. The van der Waals surface area contributed by atoms with Crippen molar-refractivity contribution in [2.45, 2.75) is 0 Å². The van der Waals surface area contributed by atoms with Crippen LogP contribution in [0.2, 0.25) is 0 Å². The van der Waals surface area contributed by atoms with Gasteiger partial charge in [-0.1, -0.05) is 30.3 Å². The minimum Gasteiger partial charge on any atom is -0.340 e. The van der Waals surface area contributed by atoms with Gasteiger partial charge in [-0.25, -0.2) is 5.43 Å². The van der Waals surface area contributed by atoms with Gasteiger partial charge in [-0.3, -0.25) is 14.9 Å². The molecule has 24 heavy (non-hydrogen) atoms. The lowest BCUT2D eigenvalue weighted by molar-refractivity contribution is -0.384. The first-order valence-corrected chi connectivity index (χ1v) is 7.18. The van der Waals surface area contributed by atoms with Crippen LogP contribution in [-0.4, -0.2) is 21.6 Å². The van der Waals surface area contributed by atoms with E-state index in [-0.39, 0.29) is 11.6 Å². The monoisotopic (exact) mass is 322 g/mol. The van der Waals surface area contributed by atoms with Crippen LogP contribution in [-0.2, 0) is 7.05 Å². The van der Waals surface area contributed by atoms with Gasteiger partial charge in [0.05, 0.1) is 11.1 Å². The average molecular weight is 322 g/mol. The Morgan fingerprint density at radius 2 is 2.00 bits per heavy atom. The fourth-order valence-corrected chi connectivity index (χ4v) is 2.45. The van der Waals surface area contributed by atoms with E-state index in [0.717, 1.165) is 10.9 Å². The number of nitro benzene ring substituents is 1. The molecule has 0 saturated heterocycles. The van der Waals surface area contributed by atoms with Gasteiger partial charge in [-0.05, 0) is 12.1 Å². The van der Waals surface area contributed by atoms with Gasteiger partial charge >= 0.3 is 0 Å². The van der Waals surface area contributed by atoms with Crippen LogP contribution in [0.4, 0.5) is 5.69 Å². The van der Waals surface area contributed by atoms with Crippen molar-refractivity contribution in [3.05, 3.63) is 76.0 Å². The molecule has 0 aliphatic carbocycles. The number of aryl methyl sites for hydroxylation is 1. The SMILES string of the molecule is Cn1c(C(=O)N/N=C/c2cccc([N+](=O)[O-])c2)cc2ccccc21. The maximum Gasteiger partial charge on any atom is 0.287 e. The van der Waals surface area contributed by atoms with E-state index in [2.05, 4.69) is 10.5 Å². The van der Waals surface area contributed by atoms with Crippen molar-refractivity contribution in [3.63, 3.8) is 0 Å². The Balaban J connectivity index is 1.76. The third kappa shape index (κ3) is 3.00. The molecule has 0 fully saturated rings. The van der Waals surface area contributed by atoms with Crippen LogP contribution >= 0.6 is 0 Å². The van der Waals surface area contributed by atoms with E-state index in [1.165, 1.54) is 18.3 Å². The summed E-state index contributed by atoms with van der Waals surface area (Å²) in [4.78, 5) is 22.5. The molecule has 7 nitrogen and oxygen atoms in total. The molecule has 3 rings (SSSR count). The third-order valence-electron chi connectivity index (χ3n) is 3.65. The predicted molar refractivity (Wildman–Crippen MR) is 91.1 cm³/mol. The summed E-state index contributed by atoms with van der Waals surface area (Å²) < 4.78 is 1.79. The maximum atomic E-state index is 12.2. The first kappa shape index (κ1) is 15.4. The molecule has 0 bridgehead atoms. The fraction of sp³-hybridized carbons (Fsp3) is 0.0588. The molecular formula is C17H14N4O3. The van der Waals surface area contributed by atoms with Crippen molar-refractivity contribution < 1.29 is 9.72 Å². The van der Waals surface area contributed by atoms with E-state index in [1.54, 1.807) is 22.8 Å². The van der Waals surface area contributed by atoms with E-state index in [4.69, 9.17) is 0 Å². The number of non-ortho nitro benzene ring substituents is 1. The number of nitrogens with zero attached hydrogens (tertiary/aromatic N) is 3. The van der Waals surface area contributed by atoms with E-state index in [0.29, 0.717) is 11.3 Å². The number of para-hydroxylation sites is 1. The van der Waals surface area contributed by atoms with Gasteiger partial charge in [0.15, 0.2) is 0 Å². The van der Waals surface area contributed by atoms with Gasteiger partial charge < -0.3 is 4.57 Å². The quantitative estimate of drug-likeness (QED) is 0.455. The molecule has 7 heteroatoms. The average Bonchev–Trinajstić information content (AvgIpc) is 2.92. The second kappa shape index (κ2) is 6.33. The van der Waals surface area contributed by atoms with Crippen LogP contribution < -0.4 is 5.43 Å². The van der Waals surface area contributed by atoms with Crippen LogP contribution in [0.15, 0.2) is 59.7 Å². The number of hydrogen-bond donors (Lipinski definition) is 1. The van der Waals surface area contributed by atoms with Crippen LogP contribution in [0.1, 0.15) is 16.1 Å². The number of carbonyl (C=O) groups excluding carboxylic acids is 1. The molecule has 0 atom stereocenters. The summed E-state index contributed by atoms with van der Waals surface area (Å²) >= 11 is 0. The summed E-state index contributed by atoms with van der Waals surface area (Å²) in [5.74, 6) is -0.351. The topological polar surface area (TPSA) is 89.5 Å². The minimum atomic E-state index is -0.481. The normalized spacial score (nSPS) is 11.0. The molecule has 1 aromatic heterocycles. The zero-order valence-corrected chi connectivity index (χ0v) is 12.8. The van der Waals surface area contributed by atoms with E-state index < -0.39 is 4.92 Å². The van der Waals surface area contributed by atoms with E-state index in [9.17, 15) is 14.9 Å². The summed E-state index contributed by atoms with van der Waals surface area (Å²) in [5, 5.41) is 15.6. The minimum absolute atomic E-state index is 0.0287. The molecule has 1 N–H and O–H groups in total. The maximum absolute atomic E-state index is 12.2. The highest BCUT2D eigenvalue weighted by molar-refractivity contribution is 5.99. The summed E-state index contributed by atoms with van der Waals surface area (Å²) in [6.45, 7) is 0. The summed E-state index contributed by atoms with van der Waals surface area (Å²) in [6, 6.07) is 15.5. The largest absolute Gasteiger partial charge is 0.340 e. The molecule has 3 aromatic rings. The van der Waals surface area contributed by atoms with Gasteiger partial charge in [0.1, 0.15) is 5.69 Å². The molecule has 0 radical (unpaired) electrons. The molecule has 0 spiro atoms. The number of fused-ring (bicyclic) bond motifs is 1. The zero-order chi connectivity index (χ0) is 17.1. The van der Waals surface area contributed by atoms with Crippen molar-refractivity contribution in [1.82, 2.24) is 9.99 Å². The number of carbonyl (C=O) groups is 1. The lowest BCUT2D eigenvalue weighted by Crippen LogP contribution is -2.20. The first-order chi connectivity index (χ1) is 11.6. The second-order valence-corrected chi connectivity index (χ2v) is 5.20. The molecule has 120 valence electrons. The number of hydrazone groups is 1. The predicted octanol–water partition coefficient (Wildman–Crippen LogP) is 2.85. The number of nitrogens with one attached hydrogen (secondary N) is 1. The second-order valence-electron chi connectivity index (χ2n) is 5.20. The highest BCUT2D eigenvalue weighted by Crippen LogP contribution is 2.18. The smallest absolute Gasteiger partial charge is 0.287 e. The third-order valence-corrected chi connectivity index (χ3v) is 3.65. The van der Waals surface area contributed by atoms with Gasteiger partial charge in [0.25, 0.3) is 11.6 Å². The molecule has 0 aliphatic rings. The lowest BCUT2D eigenvalue weighted by atomic mass is 10.2. The number of nitro groups is 1.